The number of rotatable bonds is 6. The van der Waals surface area contributed by atoms with Crippen LogP contribution in [-0.2, 0) is 4.74 Å². The zero-order valence-corrected chi connectivity index (χ0v) is 18.0. The van der Waals surface area contributed by atoms with Gasteiger partial charge in [0.2, 0.25) is 0 Å². The molecule has 1 aliphatic rings. The van der Waals surface area contributed by atoms with E-state index < -0.39 is 18.3 Å². The molecule has 1 aliphatic carbocycles. The number of aliphatic hydroxyl groups excluding tert-OH is 2. The quantitative estimate of drug-likeness (QED) is 0.490. The maximum absolute atomic E-state index is 12.2. The predicted molar refractivity (Wildman–Crippen MR) is 121 cm³/mol. The van der Waals surface area contributed by atoms with Crippen molar-refractivity contribution >= 4 is 29.3 Å². The van der Waals surface area contributed by atoms with Crippen LogP contribution in [0.5, 0.6) is 0 Å². The Balaban J connectivity index is 1.35. The van der Waals surface area contributed by atoms with E-state index in [9.17, 15) is 15.0 Å². The van der Waals surface area contributed by atoms with E-state index in [1.165, 1.54) is 18.2 Å². The number of halogens is 2. The molecule has 3 aromatic rings. The fraction of sp³-hybridized carbons (Fsp3) is 0.208. The number of fused-ring (bicyclic) bond motifs is 3. The van der Waals surface area contributed by atoms with E-state index in [4.69, 9.17) is 27.9 Å². The molecule has 0 heterocycles. The first-order valence-corrected chi connectivity index (χ1v) is 10.6. The van der Waals surface area contributed by atoms with Gasteiger partial charge >= 0.3 is 6.09 Å². The molecular formula is C24H21Cl2NO4. The van der Waals surface area contributed by atoms with Crippen LogP contribution in [0, 0.1) is 0 Å². The SMILES string of the molecule is O=C(NCC(O)C(O)c1cc(Cl)cc(Cl)c1)OCC1c2ccccc2-c2ccccc21. The summed E-state index contributed by atoms with van der Waals surface area (Å²) in [5.41, 5.74) is 4.88. The highest BCUT2D eigenvalue weighted by atomic mass is 35.5. The lowest BCUT2D eigenvalue weighted by Crippen LogP contribution is -2.36. The summed E-state index contributed by atoms with van der Waals surface area (Å²) < 4.78 is 5.43. The van der Waals surface area contributed by atoms with E-state index in [1.807, 2.05) is 36.4 Å². The Hall–Kier alpha value is -2.57. The Morgan fingerprint density at radius 2 is 1.48 bits per heavy atom. The molecule has 160 valence electrons. The number of ether oxygens (including phenoxy) is 1. The number of alkyl carbamates (subject to hydrolysis) is 1. The van der Waals surface area contributed by atoms with E-state index in [-0.39, 0.29) is 19.1 Å². The largest absolute Gasteiger partial charge is 0.449 e. The Kier molecular flexibility index (Phi) is 6.49. The number of benzene rings is 3. The summed E-state index contributed by atoms with van der Waals surface area (Å²) in [7, 11) is 0. The van der Waals surface area contributed by atoms with Crippen LogP contribution in [0.15, 0.2) is 66.7 Å². The molecule has 0 aromatic heterocycles. The van der Waals surface area contributed by atoms with Crippen molar-refractivity contribution in [2.45, 2.75) is 18.1 Å². The third kappa shape index (κ3) is 4.70. The van der Waals surface area contributed by atoms with Gasteiger partial charge < -0.3 is 20.3 Å². The molecule has 31 heavy (non-hydrogen) atoms. The highest BCUT2D eigenvalue weighted by Crippen LogP contribution is 2.44. The number of aliphatic hydroxyl groups is 2. The maximum atomic E-state index is 12.2. The molecule has 4 rings (SSSR count). The van der Waals surface area contributed by atoms with Gasteiger partial charge in [-0.2, -0.15) is 0 Å². The number of nitrogens with one attached hydrogen (secondary N) is 1. The molecule has 0 bridgehead atoms. The highest BCUT2D eigenvalue weighted by Gasteiger charge is 2.29. The topological polar surface area (TPSA) is 78.8 Å². The molecule has 3 N–H and O–H groups in total. The summed E-state index contributed by atoms with van der Waals surface area (Å²) in [5, 5.41) is 23.7. The third-order valence-corrected chi connectivity index (χ3v) is 5.83. The average Bonchev–Trinajstić information content (AvgIpc) is 3.08. The molecule has 0 saturated carbocycles. The molecule has 3 aromatic carbocycles. The van der Waals surface area contributed by atoms with Crippen LogP contribution in [0.3, 0.4) is 0 Å². The van der Waals surface area contributed by atoms with E-state index in [0.717, 1.165) is 22.3 Å². The van der Waals surface area contributed by atoms with Crippen LogP contribution in [0.2, 0.25) is 10.0 Å². The van der Waals surface area contributed by atoms with E-state index in [0.29, 0.717) is 15.6 Å². The molecule has 7 heteroatoms. The summed E-state index contributed by atoms with van der Waals surface area (Å²) in [6.07, 6.45) is -3.18. The molecule has 5 nitrogen and oxygen atoms in total. The van der Waals surface area contributed by atoms with Gasteiger partial charge in [0.25, 0.3) is 0 Å². The van der Waals surface area contributed by atoms with E-state index in [1.54, 1.807) is 0 Å². The summed E-state index contributed by atoms with van der Waals surface area (Å²) in [6, 6.07) is 20.7. The Bertz CT molecular complexity index is 1040. The van der Waals surface area contributed by atoms with Gasteiger partial charge in [-0.25, -0.2) is 4.79 Å². The molecule has 0 spiro atoms. The van der Waals surface area contributed by atoms with Crippen LogP contribution in [0.4, 0.5) is 4.79 Å². The summed E-state index contributed by atoms with van der Waals surface area (Å²) >= 11 is 11.9. The Morgan fingerprint density at radius 1 is 0.935 bits per heavy atom. The Labute approximate surface area is 190 Å². The lowest BCUT2D eigenvalue weighted by Gasteiger charge is -2.20. The smallest absolute Gasteiger partial charge is 0.407 e. The van der Waals surface area contributed by atoms with Crippen molar-refractivity contribution in [3.05, 3.63) is 93.5 Å². The van der Waals surface area contributed by atoms with E-state index in [2.05, 4.69) is 17.4 Å². The second kappa shape index (κ2) is 9.28. The molecule has 0 fully saturated rings. The van der Waals surface area contributed by atoms with E-state index >= 15 is 0 Å². The molecule has 0 aliphatic heterocycles. The second-order valence-electron chi connectivity index (χ2n) is 7.42. The minimum Gasteiger partial charge on any atom is -0.449 e. The number of hydrogen-bond donors (Lipinski definition) is 3. The minimum atomic E-state index is -1.26. The number of hydrogen-bond acceptors (Lipinski definition) is 4. The van der Waals surface area contributed by atoms with Crippen molar-refractivity contribution in [3.63, 3.8) is 0 Å². The second-order valence-corrected chi connectivity index (χ2v) is 8.29. The zero-order chi connectivity index (χ0) is 22.0. The van der Waals surface area contributed by atoms with Gasteiger partial charge in [-0.05, 0) is 46.0 Å². The van der Waals surface area contributed by atoms with Crippen molar-refractivity contribution in [1.29, 1.82) is 0 Å². The normalized spacial score (nSPS) is 14.5. The predicted octanol–water partition coefficient (Wildman–Crippen LogP) is 4.93. The lowest BCUT2D eigenvalue weighted by atomic mass is 9.98. The molecule has 2 unspecified atom stereocenters. The molecule has 0 saturated heterocycles. The number of carbonyl (C=O) groups excluding carboxylic acids is 1. The van der Waals surface area contributed by atoms with Crippen LogP contribution >= 0.6 is 23.2 Å². The van der Waals surface area contributed by atoms with Gasteiger partial charge in [-0.3, -0.25) is 0 Å². The van der Waals surface area contributed by atoms with Gasteiger partial charge in [0.05, 0.1) is 0 Å². The monoisotopic (exact) mass is 457 g/mol. The number of amides is 1. The van der Waals surface area contributed by atoms with Crippen molar-refractivity contribution in [1.82, 2.24) is 5.32 Å². The van der Waals surface area contributed by atoms with Crippen LogP contribution in [0.25, 0.3) is 11.1 Å². The first-order valence-electron chi connectivity index (χ1n) is 9.85. The third-order valence-electron chi connectivity index (χ3n) is 5.39. The standard InChI is InChI=1S/C24H21Cl2NO4/c25-15-9-14(10-16(26)11-15)23(29)22(28)12-27-24(30)31-13-21-19-7-3-1-5-17(19)18-6-2-4-8-20(18)21/h1-11,21-23,28-29H,12-13H2,(H,27,30). The van der Waals surface area contributed by atoms with Crippen molar-refractivity contribution in [2.75, 3.05) is 13.2 Å². The summed E-state index contributed by atoms with van der Waals surface area (Å²) in [5.74, 6) is -0.0535. The first-order chi connectivity index (χ1) is 14.9. The van der Waals surface area contributed by atoms with Crippen LogP contribution < -0.4 is 5.32 Å². The van der Waals surface area contributed by atoms with Crippen LogP contribution in [0.1, 0.15) is 28.7 Å². The average molecular weight is 458 g/mol. The minimum absolute atomic E-state index is 0.0535. The maximum Gasteiger partial charge on any atom is 0.407 e. The molecule has 0 radical (unpaired) electrons. The zero-order valence-electron chi connectivity index (χ0n) is 16.5. The van der Waals surface area contributed by atoms with Gasteiger partial charge in [0.1, 0.15) is 18.8 Å². The number of carbonyl (C=O) groups is 1. The molecule has 2 atom stereocenters. The summed E-state index contributed by atoms with van der Waals surface area (Å²) in [6.45, 7) is -0.0234. The first kappa shape index (κ1) is 21.7. The van der Waals surface area contributed by atoms with Crippen molar-refractivity contribution in [3.8, 4) is 11.1 Å². The molecular weight excluding hydrogens is 437 g/mol. The molecule has 1 amide bonds. The lowest BCUT2D eigenvalue weighted by molar-refractivity contribution is 0.0185. The van der Waals surface area contributed by atoms with Crippen LogP contribution in [-0.4, -0.2) is 35.6 Å². The fourth-order valence-corrected chi connectivity index (χ4v) is 4.46. The van der Waals surface area contributed by atoms with Gasteiger partial charge in [-0.1, -0.05) is 71.7 Å². The fourth-order valence-electron chi connectivity index (χ4n) is 3.92. The van der Waals surface area contributed by atoms with Gasteiger partial charge in [-0.15, -0.1) is 0 Å². The summed E-state index contributed by atoms with van der Waals surface area (Å²) in [4.78, 5) is 12.2. The van der Waals surface area contributed by atoms with Crippen molar-refractivity contribution in [2.24, 2.45) is 0 Å². The Morgan fingerprint density at radius 3 is 2.06 bits per heavy atom. The van der Waals surface area contributed by atoms with Crippen molar-refractivity contribution < 1.29 is 19.7 Å². The highest BCUT2D eigenvalue weighted by molar-refractivity contribution is 6.34. The van der Waals surface area contributed by atoms with Gasteiger partial charge in [0.15, 0.2) is 0 Å². The van der Waals surface area contributed by atoms with Gasteiger partial charge in [0, 0.05) is 22.5 Å².